The molecule has 0 spiro atoms. The molecule has 0 bridgehead atoms. The molecule has 134 valence electrons. The molecule has 2 aromatic rings. The van der Waals surface area contributed by atoms with E-state index in [2.05, 4.69) is 20.9 Å². The molecule has 0 saturated carbocycles. The molecule has 1 heterocycles. The summed E-state index contributed by atoms with van der Waals surface area (Å²) in [6.07, 6.45) is 0. The van der Waals surface area contributed by atoms with Crippen molar-refractivity contribution in [3.05, 3.63) is 55.8 Å². The van der Waals surface area contributed by atoms with Crippen molar-refractivity contribution < 1.29 is 4.79 Å². The summed E-state index contributed by atoms with van der Waals surface area (Å²) in [6.45, 7) is 6.49. The van der Waals surface area contributed by atoms with Crippen LogP contribution >= 0.6 is 11.6 Å². The highest BCUT2D eigenvalue weighted by molar-refractivity contribution is 6.31. The predicted molar refractivity (Wildman–Crippen MR) is 103 cm³/mol. The Hall–Kier alpha value is -2.47. The van der Waals surface area contributed by atoms with Gasteiger partial charge in [-0.2, -0.15) is 0 Å². The number of benzene rings is 1. The van der Waals surface area contributed by atoms with Gasteiger partial charge in [0.25, 0.3) is 5.91 Å². The lowest BCUT2D eigenvalue weighted by molar-refractivity contribution is 0.0950. The third-order valence-electron chi connectivity index (χ3n) is 3.93. The topological polar surface area (TPSA) is 86.0 Å². The SMILES string of the molecule is CCNc1cc(Cl)cc(C(=O)NCc2c(NC)[nH]c(C)cc2=O)c1C. The van der Waals surface area contributed by atoms with Gasteiger partial charge in [-0.3, -0.25) is 9.59 Å². The van der Waals surface area contributed by atoms with Crippen LogP contribution in [0.3, 0.4) is 0 Å². The maximum absolute atomic E-state index is 12.6. The van der Waals surface area contributed by atoms with Gasteiger partial charge < -0.3 is 20.9 Å². The van der Waals surface area contributed by atoms with Gasteiger partial charge in [0, 0.05) is 41.6 Å². The van der Waals surface area contributed by atoms with Crippen LogP contribution in [0.5, 0.6) is 0 Å². The molecule has 4 N–H and O–H groups in total. The first-order valence-electron chi connectivity index (χ1n) is 8.10. The molecule has 0 aliphatic rings. The molecule has 0 atom stereocenters. The number of hydrogen-bond donors (Lipinski definition) is 4. The van der Waals surface area contributed by atoms with Crippen molar-refractivity contribution in [2.45, 2.75) is 27.3 Å². The Kier molecular flexibility index (Phi) is 6.09. The van der Waals surface area contributed by atoms with Gasteiger partial charge in [-0.25, -0.2) is 0 Å². The second kappa shape index (κ2) is 8.07. The van der Waals surface area contributed by atoms with E-state index in [0.29, 0.717) is 22.0 Å². The van der Waals surface area contributed by atoms with Crippen LogP contribution in [0.4, 0.5) is 11.5 Å². The maximum Gasteiger partial charge on any atom is 0.251 e. The molecule has 0 fully saturated rings. The normalized spacial score (nSPS) is 10.4. The van der Waals surface area contributed by atoms with Gasteiger partial charge in [-0.1, -0.05) is 11.6 Å². The third-order valence-corrected chi connectivity index (χ3v) is 4.15. The molecule has 25 heavy (non-hydrogen) atoms. The number of aromatic nitrogens is 1. The minimum absolute atomic E-state index is 0.118. The van der Waals surface area contributed by atoms with Crippen LogP contribution in [-0.2, 0) is 6.54 Å². The molecule has 0 aliphatic heterocycles. The second-order valence-corrected chi connectivity index (χ2v) is 6.20. The van der Waals surface area contributed by atoms with Crippen LogP contribution in [0.2, 0.25) is 5.02 Å². The lowest BCUT2D eigenvalue weighted by Gasteiger charge is -2.14. The van der Waals surface area contributed by atoms with Gasteiger partial charge in [-0.05, 0) is 38.5 Å². The molecule has 0 radical (unpaired) electrons. The fourth-order valence-corrected chi connectivity index (χ4v) is 2.88. The Morgan fingerprint density at radius 1 is 1.24 bits per heavy atom. The first-order chi connectivity index (χ1) is 11.9. The molecule has 1 amide bonds. The molecule has 7 heteroatoms. The van der Waals surface area contributed by atoms with Gasteiger partial charge in [0.05, 0.1) is 12.1 Å². The molecule has 2 rings (SSSR count). The van der Waals surface area contributed by atoms with Crippen molar-refractivity contribution in [3.63, 3.8) is 0 Å². The monoisotopic (exact) mass is 362 g/mol. The average Bonchev–Trinajstić information content (AvgIpc) is 2.56. The van der Waals surface area contributed by atoms with E-state index < -0.39 is 0 Å². The number of carbonyl (C=O) groups excluding carboxylic acids is 1. The largest absolute Gasteiger partial charge is 0.385 e. The van der Waals surface area contributed by atoms with Crippen molar-refractivity contribution in [3.8, 4) is 0 Å². The lowest BCUT2D eigenvalue weighted by Crippen LogP contribution is -2.28. The zero-order chi connectivity index (χ0) is 18.6. The van der Waals surface area contributed by atoms with Crippen molar-refractivity contribution in [2.24, 2.45) is 0 Å². The van der Waals surface area contributed by atoms with E-state index in [1.54, 1.807) is 19.2 Å². The zero-order valence-corrected chi connectivity index (χ0v) is 15.6. The fourth-order valence-electron chi connectivity index (χ4n) is 2.66. The molecular formula is C18H23ClN4O2. The van der Waals surface area contributed by atoms with Crippen LogP contribution < -0.4 is 21.4 Å². The first-order valence-corrected chi connectivity index (χ1v) is 8.48. The van der Waals surface area contributed by atoms with E-state index in [1.165, 1.54) is 6.07 Å². The number of aryl methyl sites for hydroxylation is 1. The number of aromatic amines is 1. The van der Waals surface area contributed by atoms with Gasteiger partial charge in [0.2, 0.25) is 0 Å². The standard InChI is InChI=1S/C18H23ClN4O2/c1-5-21-15-8-12(19)7-13(11(15)3)18(25)22-9-14-16(24)6-10(2)23-17(14)20-4/h6-8,21H,5,9H2,1-4H3,(H,22,25)(H2,20,23,24). The summed E-state index contributed by atoms with van der Waals surface area (Å²) in [4.78, 5) is 27.9. The first kappa shape index (κ1) is 18.9. The number of carbonyl (C=O) groups is 1. The van der Waals surface area contributed by atoms with Crippen LogP contribution in [0.1, 0.15) is 34.1 Å². The highest BCUT2D eigenvalue weighted by atomic mass is 35.5. The number of halogens is 1. The van der Waals surface area contributed by atoms with Crippen molar-refractivity contribution in [2.75, 3.05) is 24.2 Å². The molecule has 6 nitrogen and oxygen atoms in total. The number of nitrogens with one attached hydrogen (secondary N) is 4. The third kappa shape index (κ3) is 4.33. The minimum atomic E-state index is -0.277. The van der Waals surface area contributed by atoms with Gasteiger partial charge in [0.15, 0.2) is 5.43 Å². The Morgan fingerprint density at radius 3 is 2.60 bits per heavy atom. The van der Waals surface area contributed by atoms with E-state index in [9.17, 15) is 9.59 Å². The summed E-state index contributed by atoms with van der Waals surface area (Å²) in [5.74, 6) is 0.322. The summed E-state index contributed by atoms with van der Waals surface area (Å²) in [7, 11) is 1.72. The molecule has 1 aromatic carbocycles. The molecule has 1 aromatic heterocycles. The van der Waals surface area contributed by atoms with E-state index in [-0.39, 0.29) is 17.9 Å². The van der Waals surface area contributed by atoms with Gasteiger partial charge in [0.1, 0.15) is 5.82 Å². The maximum atomic E-state index is 12.6. The summed E-state index contributed by atoms with van der Waals surface area (Å²) in [5, 5.41) is 9.42. The van der Waals surface area contributed by atoms with E-state index in [0.717, 1.165) is 23.5 Å². The van der Waals surface area contributed by atoms with Crippen molar-refractivity contribution in [1.29, 1.82) is 0 Å². The van der Waals surface area contributed by atoms with Gasteiger partial charge >= 0.3 is 0 Å². The van der Waals surface area contributed by atoms with Crippen LogP contribution in [0, 0.1) is 13.8 Å². The molecule has 0 unspecified atom stereocenters. The lowest BCUT2D eigenvalue weighted by atomic mass is 10.1. The Balaban J connectivity index is 2.26. The van der Waals surface area contributed by atoms with Crippen LogP contribution in [0.25, 0.3) is 0 Å². The summed E-state index contributed by atoms with van der Waals surface area (Å²) in [5.41, 5.74) is 3.23. The van der Waals surface area contributed by atoms with Gasteiger partial charge in [-0.15, -0.1) is 0 Å². The minimum Gasteiger partial charge on any atom is -0.385 e. The average molecular weight is 363 g/mol. The molecular weight excluding hydrogens is 340 g/mol. The highest BCUT2D eigenvalue weighted by Crippen LogP contribution is 2.25. The molecule has 0 saturated heterocycles. The number of pyridine rings is 1. The Bertz CT molecular complexity index is 846. The Labute approximate surface area is 152 Å². The fraction of sp³-hybridized carbons (Fsp3) is 0.333. The van der Waals surface area contributed by atoms with Crippen LogP contribution in [0.15, 0.2) is 23.0 Å². The summed E-state index contributed by atoms with van der Waals surface area (Å²) in [6, 6.07) is 4.93. The number of rotatable bonds is 6. The smallest absolute Gasteiger partial charge is 0.251 e. The zero-order valence-electron chi connectivity index (χ0n) is 14.8. The second-order valence-electron chi connectivity index (χ2n) is 5.76. The summed E-state index contributed by atoms with van der Waals surface area (Å²) < 4.78 is 0. The predicted octanol–water partition coefficient (Wildman–Crippen LogP) is 3.05. The number of anilines is 2. The summed E-state index contributed by atoms with van der Waals surface area (Å²) >= 11 is 6.12. The number of H-pyrrole nitrogens is 1. The van der Waals surface area contributed by atoms with E-state index in [4.69, 9.17) is 11.6 Å². The van der Waals surface area contributed by atoms with Crippen LogP contribution in [-0.4, -0.2) is 24.5 Å². The number of amides is 1. The highest BCUT2D eigenvalue weighted by Gasteiger charge is 2.15. The Morgan fingerprint density at radius 2 is 1.96 bits per heavy atom. The van der Waals surface area contributed by atoms with E-state index >= 15 is 0 Å². The molecule has 0 aliphatic carbocycles. The van der Waals surface area contributed by atoms with Crippen molar-refractivity contribution in [1.82, 2.24) is 10.3 Å². The van der Waals surface area contributed by atoms with Crippen molar-refractivity contribution >= 4 is 29.0 Å². The number of hydrogen-bond acceptors (Lipinski definition) is 4. The van der Waals surface area contributed by atoms with E-state index in [1.807, 2.05) is 20.8 Å². The quantitative estimate of drug-likeness (QED) is 0.636.